The van der Waals surface area contributed by atoms with Gasteiger partial charge >= 0.3 is 57.4 Å². The largest absolute Gasteiger partial charge is 1.00 e. The van der Waals surface area contributed by atoms with Crippen molar-refractivity contribution in [1.29, 1.82) is 0 Å². The van der Waals surface area contributed by atoms with Crippen LogP contribution in [0.1, 0.15) is 20.3 Å². The first-order valence-electron chi connectivity index (χ1n) is 3.60. The van der Waals surface area contributed by atoms with Gasteiger partial charge in [-0.1, -0.05) is 13.5 Å². The van der Waals surface area contributed by atoms with Gasteiger partial charge in [-0.2, -0.15) is 0 Å². The maximum absolute atomic E-state index is 10.8. The zero-order valence-electron chi connectivity index (χ0n) is 8.44. The number of ether oxygens (including phenoxy) is 1. The number of carbonyl (C=O) groups excluding carboxylic acids is 1. The van der Waals surface area contributed by atoms with Crippen LogP contribution in [0.15, 0.2) is 12.2 Å². The van der Waals surface area contributed by atoms with Crippen molar-refractivity contribution < 1.29 is 73.9 Å². The minimum absolute atomic E-state index is 0. The minimum atomic E-state index is -4.58. The third-order valence-electron chi connectivity index (χ3n) is 1.24. The summed E-state index contributed by atoms with van der Waals surface area (Å²) in [4.78, 5) is 10.8. The Kier molecular flexibility index (Phi) is 8.70. The fourth-order valence-electron chi connectivity index (χ4n) is 0.566. The monoisotopic (exact) mass is 246 g/mol. The summed E-state index contributed by atoms with van der Waals surface area (Å²) in [5, 5.41) is 0. The second-order valence-electron chi connectivity index (χ2n) is 2.52. The predicted octanol–water partition coefficient (Wildman–Crippen LogP) is -2.61. The average Bonchev–Trinajstić information content (AvgIpc) is 1.96. The van der Waals surface area contributed by atoms with Crippen molar-refractivity contribution in [3.05, 3.63) is 12.2 Å². The van der Waals surface area contributed by atoms with E-state index < -0.39 is 21.5 Å². The number of carbonyl (C=O) groups is 1. The van der Waals surface area contributed by atoms with Crippen LogP contribution in [-0.2, 0) is 19.6 Å². The van der Waals surface area contributed by atoms with E-state index in [0.29, 0.717) is 0 Å². The smallest absolute Gasteiger partial charge is 0.745 e. The summed E-state index contributed by atoms with van der Waals surface area (Å²) >= 11 is 0. The molecule has 0 aliphatic rings. The molecule has 0 aliphatic heterocycles. The average molecular weight is 246 g/mol. The summed E-state index contributed by atoms with van der Waals surface area (Å²) in [6, 6.07) is 0. The summed E-state index contributed by atoms with van der Waals surface area (Å²) in [5.74, 6) is -0.869. The first-order valence-corrected chi connectivity index (χ1v) is 5.07. The van der Waals surface area contributed by atoms with Crippen molar-refractivity contribution in [1.82, 2.24) is 0 Å². The number of hydrogen-bond acceptors (Lipinski definition) is 5. The molecule has 0 N–H and O–H groups in total. The summed E-state index contributed by atoms with van der Waals surface area (Å²) in [6.45, 7) is 6.06. The Morgan fingerprint density at radius 3 is 2.21 bits per heavy atom. The molecule has 0 saturated heterocycles. The zero-order valence-corrected chi connectivity index (χ0v) is 12.4. The molecule has 5 nitrogen and oxygen atoms in total. The molecule has 0 spiro atoms. The molecule has 0 bridgehead atoms. The Labute approximate surface area is 126 Å². The van der Waals surface area contributed by atoms with Gasteiger partial charge < -0.3 is 9.29 Å². The quantitative estimate of drug-likeness (QED) is 0.235. The minimum Gasteiger partial charge on any atom is -0.745 e. The summed E-state index contributed by atoms with van der Waals surface area (Å²) in [7, 11) is -4.58. The molecular formula is C7H11KO5S. The van der Waals surface area contributed by atoms with Crippen molar-refractivity contribution in [2.24, 2.45) is 0 Å². The van der Waals surface area contributed by atoms with Crippen molar-refractivity contribution in [2.75, 3.05) is 0 Å². The number of hydrogen-bond donors (Lipinski definition) is 0. The molecule has 14 heavy (non-hydrogen) atoms. The molecule has 0 saturated carbocycles. The molecule has 0 rings (SSSR count). The standard InChI is InChI=1S/C7H12O5S.K/c1-4-6(13(9,10)11)12-7(8)5(2)3;/h6H,2,4H2,1,3H3,(H,9,10,11);/q;+1/p-1. The summed E-state index contributed by atoms with van der Waals surface area (Å²) in [5.41, 5.74) is -1.56. The maximum atomic E-state index is 10.8. The van der Waals surface area contributed by atoms with E-state index in [1.54, 1.807) is 0 Å². The van der Waals surface area contributed by atoms with Gasteiger partial charge in [-0.05, 0) is 13.3 Å². The van der Waals surface area contributed by atoms with Crippen LogP contribution >= 0.6 is 0 Å². The van der Waals surface area contributed by atoms with Gasteiger partial charge in [0.05, 0.1) is 0 Å². The maximum Gasteiger partial charge on any atom is 1.00 e. The molecule has 7 heteroatoms. The van der Waals surface area contributed by atoms with Gasteiger partial charge in [0.2, 0.25) is 0 Å². The van der Waals surface area contributed by atoms with Crippen LogP contribution in [0.5, 0.6) is 0 Å². The molecule has 0 aromatic rings. The van der Waals surface area contributed by atoms with E-state index in [9.17, 15) is 17.8 Å². The van der Waals surface area contributed by atoms with E-state index in [1.807, 2.05) is 0 Å². The van der Waals surface area contributed by atoms with Gasteiger partial charge in [-0.3, -0.25) is 0 Å². The summed E-state index contributed by atoms with van der Waals surface area (Å²) in [6.07, 6.45) is -0.0646. The van der Waals surface area contributed by atoms with Crippen LogP contribution in [0.2, 0.25) is 0 Å². The molecule has 1 atom stereocenters. The van der Waals surface area contributed by atoms with Gasteiger partial charge in [0.1, 0.15) is 10.1 Å². The SMILES string of the molecule is C=C(C)C(=O)OC(CC)S(=O)(=O)[O-].[K+]. The molecule has 0 heterocycles. The molecule has 0 radical (unpaired) electrons. The topological polar surface area (TPSA) is 83.5 Å². The number of esters is 1. The molecule has 0 aromatic carbocycles. The zero-order chi connectivity index (χ0) is 10.6. The molecule has 0 fully saturated rings. The third-order valence-corrected chi connectivity index (χ3v) is 2.32. The van der Waals surface area contributed by atoms with Crippen molar-refractivity contribution in [3.63, 3.8) is 0 Å². The summed E-state index contributed by atoms with van der Waals surface area (Å²) < 4.78 is 35.8. The Morgan fingerprint density at radius 2 is 2.00 bits per heavy atom. The normalized spacial score (nSPS) is 12.5. The molecule has 1 unspecified atom stereocenters. The van der Waals surface area contributed by atoms with Crippen LogP contribution in [0.25, 0.3) is 0 Å². The molecule has 76 valence electrons. The van der Waals surface area contributed by atoms with Gasteiger partial charge in [-0.25, -0.2) is 13.2 Å². The van der Waals surface area contributed by atoms with E-state index in [2.05, 4.69) is 11.3 Å². The van der Waals surface area contributed by atoms with Crippen LogP contribution in [0, 0.1) is 0 Å². The van der Waals surface area contributed by atoms with Crippen molar-refractivity contribution in [3.8, 4) is 0 Å². The second kappa shape index (κ2) is 7.10. The predicted molar refractivity (Wildman–Crippen MR) is 44.7 cm³/mol. The van der Waals surface area contributed by atoms with E-state index in [1.165, 1.54) is 13.8 Å². The molecule has 0 aliphatic carbocycles. The number of rotatable bonds is 4. The van der Waals surface area contributed by atoms with E-state index >= 15 is 0 Å². The van der Waals surface area contributed by atoms with Crippen LogP contribution in [0.4, 0.5) is 0 Å². The molecule has 0 aromatic heterocycles. The van der Waals surface area contributed by atoms with Crippen LogP contribution in [-0.4, -0.2) is 24.4 Å². The van der Waals surface area contributed by atoms with Crippen LogP contribution in [0.3, 0.4) is 0 Å². The second-order valence-corrected chi connectivity index (χ2v) is 4.03. The fraction of sp³-hybridized carbons (Fsp3) is 0.571. The first kappa shape index (κ1) is 17.2. The van der Waals surface area contributed by atoms with Crippen molar-refractivity contribution in [2.45, 2.75) is 25.7 Å². The van der Waals surface area contributed by atoms with Gasteiger partial charge in [-0.15, -0.1) is 0 Å². The fourth-order valence-corrected chi connectivity index (χ4v) is 1.18. The van der Waals surface area contributed by atoms with Gasteiger partial charge in [0, 0.05) is 5.57 Å². The Hall–Kier alpha value is 0.756. The van der Waals surface area contributed by atoms with E-state index in [4.69, 9.17) is 0 Å². The Balaban J connectivity index is 0. The van der Waals surface area contributed by atoms with Crippen LogP contribution < -0.4 is 51.4 Å². The molecule has 0 amide bonds. The van der Waals surface area contributed by atoms with E-state index in [0.717, 1.165) is 0 Å². The van der Waals surface area contributed by atoms with Crippen molar-refractivity contribution >= 4 is 16.1 Å². The Morgan fingerprint density at radius 1 is 1.57 bits per heavy atom. The van der Waals surface area contributed by atoms with E-state index in [-0.39, 0.29) is 63.4 Å². The van der Waals surface area contributed by atoms with Gasteiger partial charge in [0.25, 0.3) is 0 Å². The van der Waals surface area contributed by atoms with Gasteiger partial charge in [0.15, 0.2) is 5.44 Å². The molecular weight excluding hydrogens is 235 g/mol. The first-order chi connectivity index (χ1) is 5.79. The third kappa shape index (κ3) is 6.28. The Bertz CT molecular complexity index is 308.